The van der Waals surface area contributed by atoms with Crippen molar-refractivity contribution in [3.8, 4) is 0 Å². The molecule has 0 spiro atoms. The molecule has 2 aromatic heterocycles. The van der Waals surface area contributed by atoms with Crippen molar-refractivity contribution in [2.45, 2.75) is 27.2 Å². The fourth-order valence-corrected chi connectivity index (χ4v) is 2.97. The van der Waals surface area contributed by atoms with Crippen LogP contribution >= 0.6 is 0 Å². The first-order valence-corrected chi connectivity index (χ1v) is 8.15. The Bertz CT molecular complexity index is 1050. The minimum Gasteiger partial charge on any atom is -0.337 e. The highest BCUT2D eigenvalue weighted by molar-refractivity contribution is 5.84. The van der Waals surface area contributed by atoms with Crippen LogP contribution in [0.4, 0.5) is 11.5 Å². The van der Waals surface area contributed by atoms with Crippen LogP contribution in [0.2, 0.25) is 0 Å². The average Bonchev–Trinajstić information content (AvgIpc) is 3.04. The number of hydrogen-bond donors (Lipinski definition) is 1. The predicted octanol–water partition coefficient (Wildman–Crippen LogP) is 4.20. The number of fused-ring (bicyclic) bond motifs is 3. The topological polar surface area (TPSA) is 55.1 Å². The van der Waals surface area contributed by atoms with Gasteiger partial charge in [-0.3, -0.25) is 4.40 Å². The first-order valence-electron chi connectivity index (χ1n) is 8.15. The Morgan fingerprint density at radius 1 is 1.00 bits per heavy atom. The number of anilines is 2. The molecule has 0 radical (unpaired) electrons. The van der Waals surface area contributed by atoms with Gasteiger partial charge < -0.3 is 5.32 Å². The molecule has 120 valence electrons. The highest BCUT2D eigenvalue weighted by Crippen LogP contribution is 2.27. The summed E-state index contributed by atoms with van der Waals surface area (Å²) >= 11 is 0. The van der Waals surface area contributed by atoms with Gasteiger partial charge in [0, 0.05) is 12.1 Å². The Kier molecular flexibility index (Phi) is 3.41. The molecule has 2 heterocycles. The monoisotopic (exact) mass is 317 g/mol. The maximum absolute atomic E-state index is 4.78. The van der Waals surface area contributed by atoms with Gasteiger partial charge in [0.15, 0.2) is 5.82 Å². The maximum Gasteiger partial charge on any atom is 0.204 e. The van der Waals surface area contributed by atoms with E-state index in [1.807, 2.05) is 24.3 Å². The number of aryl methyl sites for hydroxylation is 2. The molecule has 0 aliphatic heterocycles. The lowest BCUT2D eigenvalue weighted by Gasteiger charge is -2.13. The highest BCUT2D eigenvalue weighted by atomic mass is 15.3. The van der Waals surface area contributed by atoms with E-state index < -0.39 is 0 Å². The van der Waals surface area contributed by atoms with Gasteiger partial charge in [0.1, 0.15) is 5.82 Å². The maximum atomic E-state index is 4.78. The van der Waals surface area contributed by atoms with Crippen molar-refractivity contribution in [3.05, 3.63) is 59.4 Å². The largest absolute Gasteiger partial charge is 0.337 e. The van der Waals surface area contributed by atoms with Crippen molar-refractivity contribution in [2.24, 2.45) is 0 Å². The van der Waals surface area contributed by atoms with Crippen LogP contribution < -0.4 is 5.32 Å². The first kappa shape index (κ1) is 14.6. The van der Waals surface area contributed by atoms with Crippen LogP contribution in [-0.4, -0.2) is 19.6 Å². The van der Waals surface area contributed by atoms with Crippen LogP contribution in [0.1, 0.15) is 23.9 Å². The van der Waals surface area contributed by atoms with Crippen LogP contribution in [0.15, 0.2) is 42.5 Å². The van der Waals surface area contributed by atoms with Gasteiger partial charge in [-0.25, -0.2) is 4.98 Å². The predicted molar refractivity (Wildman–Crippen MR) is 96.9 cm³/mol. The Labute approximate surface area is 140 Å². The first-order chi connectivity index (χ1) is 11.7. The van der Waals surface area contributed by atoms with E-state index >= 15 is 0 Å². The van der Waals surface area contributed by atoms with Gasteiger partial charge in [0.2, 0.25) is 5.65 Å². The number of para-hydroxylation sites is 2. The molecule has 0 atom stereocenters. The van der Waals surface area contributed by atoms with E-state index in [0.717, 1.165) is 40.4 Å². The molecule has 0 saturated heterocycles. The van der Waals surface area contributed by atoms with Gasteiger partial charge in [-0.2, -0.15) is 0 Å². The third kappa shape index (κ3) is 2.21. The fraction of sp³-hybridized carbons (Fsp3) is 0.211. The molecule has 0 fully saturated rings. The Hall–Kier alpha value is -2.95. The van der Waals surface area contributed by atoms with Gasteiger partial charge >= 0.3 is 0 Å². The number of rotatable bonds is 3. The number of aromatic nitrogens is 4. The van der Waals surface area contributed by atoms with E-state index in [9.17, 15) is 0 Å². The van der Waals surface area contributed by atoms with Gasteiger partial charge in [-0.15, -0.1) is 10.2 Å². The number of nitrogens with one attached hydrogen (secondary N) is 1. The second-order valence-corrected chi connectivity index (χ2v) is 5.95. The molecule has 0 amide bonds. The van der Waals surface area contributed by atoms with E-state index in [1.54, 1.807) is 0 Å². The SMILES string of the molecule is CCc1nnc2c(Nc3cccc(C)c3C)nc3ccccc3n12. The quantitative estimate of drug-likeness (QED) is 0.615. The Morgan fingerprint density at radius 2 is 1.83 bits per heavy atom. The normalized spacial score (nSPS) is 11.3. The van der Waals surface area contributed by atoms with Crippen LogP contribution in [0.25, 0.3) is 16.7 Å². The molecule has 1 N–H and O–H groups in total. The molecule has 24 heavy (non-hydrogen) atoms. The fourth-order valence-electron chi connectivity index (χ4n) is 2.97. The lowest BCUT2D eigenvalue weighted by Crippen LogP contribution is -2.03. The second-order valence-electron chi connectivity index (χ2n) is 5.95. The van der Waals surface area contributed by atoms with E-state index in [2.05, 4.69) is 58.9 Å². The zero-order chi connectivity index (χ0) is 16.7. The summed E-state index contributed by atoms with van der Waals surface area (Å²) < 4.78 is 2.09. The molecular formula is C19H19N5. The molecule has 2 aromatic carbocycles. The van der Waals surface area contributed by atoms with Crippen LogP contribution in [-0.2, 0) is 6.42 Å². The Balaban J connectivity index is 1.97. The van der Waals surface area contributed by atoms with E-state index in [-0.39, 0.29) is 0 Å². The van der Waals surface area contributed by atoms with Gasteiger partial charge in [-0.1, -0.05) is 31.2 Å². The number of hydrogen-bond acceptors (Lipinski definition) is 4. The number of benzene rings is 2. The molecule has 4 aromatic rings. The third-order valence-corrected chi connectivity index (χ3v) is 4.47. The van der Waals surface area contributed by atoms with Gasteiger partial charge in [0.25, 0.3) is 0 Å². The summed E-state index contributed by atoms with van der Waals surface area (Å²) in [5.41, 5.74) is 6.20. The molecule has 5 heteroatoms. The molecule has 0 bridgehead atoms. The molecular weight excluding hydrogens is 298 g/mol. The highest BCUT2D eigenvalue weighted by Gasteiger charge is 2.14. The smallest absolute Gasteiger partial charge is 0.204 e. The van der Waals surface area contributed by atoms with Crippen LogP contribution in [0.5, 0.6) is 0 Å². The van der Waals surface area contributed by atoms with Gasteiger partial charge in [-0.05, 0) is 43.2 Å². The summed E-state index contributed by atoms with van der Waals surface area (Å²) in [6.45, 7) is 6.30. The van der Waals surface area contributed by atoms with E-state index in [0.29, 0.717) is 0 Å². The van der Waals surface area contributed by atoms with Crippen molar-refractivity contribution in [1.29, 1.82) is 0 Å². The lowest BCUT2D eigenvalue weighted by atomic mass is 10.1. The minimum absolute atomic E-state index is 0.731. The summed E-state index contributed by atoms with van der Waals surface area (Å²) in [6.07, 6.45) is 0.818. The number of nitrogens with zero attached hydrogens (tertiary/aromatic N) is 4. The van der Waals surface area contributed by atoms with E-state index in [1.165, 1.54) is 11.1 Å². The Morgan fingerprint density at radius 3 is 2.67 bits per heavy atom. The summed E-state index contributed by atoms with van der Waals surface area (Å²) in [5.74, 6) is 1.67. The van der Waals surface area contributed by atoms with E-state index in [4.69, 9.17) is 4.98 Å². The van der Waals surface area contributed by atoms with Crippen molar-refractivity contribution in [2.75, 3.05) is 5.32 Å². The summed E-state index contributed by atoms with van der Waals surface area (Å²) in [4.78, 5) is 4.78. The zero-order valence-electron chi connectivity index (χ0n) is 14.0. The summed E-state index contributed by atoms with van der Waals surface area (Å²) in [5, 5.41) is 12.2. The molecule has 0 aliphatic rings. The van der Waals surface area contributed by atoms with Crippen LogP contribution in [0, 0.1) is 13.8 Å². The zero-order valence-corrected chi connectivity index (χ0v) is 14.0. The summed E-state index contributed by atoms with van der Waals surface area (Å²) in [6, 6.07) is 14.3. The molecule has 4 rings (SSSR count). The minimum atomic E-state index is 0.731. The summed E-state index contributed by atoms with van der Waals surface area (Å²) in [7, 11) is 0. The lowest BCUT2D eigenvalue weighted by molar-refractivity contribution is 0.922. The molecule has 0 saturated carbocycles. The van der Waals surface area contributed by atoms with Crippen molar-refractivity contribution >= 4 is 28.2 Å². The molecule has 5 nitrogen and oxygen atoms in total. The van der Waals surface area contributed by atoms with Gasteiger partial charge in [0.05, 0.1) is 11.0 Å². The molecule has 0 aliphatic carbocycles. The van der Waals surface area contributed by atoms with Crippen LogP contribution in [0.3, 0.4) is 0 Å². The van der Waals surface area contributed by atoms with Crippen molar-refractivity contribution in [3.63, 3.8) is 0 Å². The van der Waals surface area contributed by atoms with Crippen molar-refractivity contribution < 1.29 is 0 Å². The standard InChI is InChI=1S/C19H19N5/c1-4-17-22-23-19-18(20-14-10-7-8-12(2)13(14)3)21-15-9-5-6-11-16(15)24(17)19/h5-11H,4H2,1-3H3,(H,20,21). The van der Waals surface area contributed by atoms with Crippen molar-refractivity contribution in [1.82, 2.24) is 19.6 Å². The molecule has 0 unspecified atom stereocenters. The third-order valence-electron chi connectivity index (χ3n) is 4.47. The average molecular weight is 317 g/mol. The second kappa shape index (κ2) is 5.60.